The van der Waals surface area contributed by atoms with Crippen LogP contribution in [-0.2, 0) is 16.4 Å². The van der Waals surface area contributed by atoms with E-state index in [1.807, 2.05) is 0 Å². The molecule has 0 aliphatic carbocycles. The fraction of sp³-hybridized carbons (Fsp3) is 0.600. The van der Waals surface area contributed by atoms with Gasteiger partial charge in [0.05, 0.1) is 5.69 Å². The molecule has 2 N–H and O–H groups in total. The number of sulfone groups is 1. The van der Waals surface area contributed by atoms with Gasteiger partial charge in [-0.3, -0.25) is 0 Å². The summed E-state index contributed by atoms with van der Waals surface area (Å²) in [7, 11) is -3.15. The summed E-state index contributed by atoms with van der Waals surface area (Å²) >= 11 is 1.64. The molecule has 1 unspecified atom stereocenters. The van der Waals surface area contributed by atoms with Crippen LogP contribution in [-0.4, -0.2) is 48.1 Å². The van der Waals surface area contributed by atoms with Crippen molar-refractivity contribution in [2.45, 2.75) is 11.9 Å². The Morgan fingerprint density at radius 2 is 2.39 bits per heavy atom. The molecule has 18 heavy (non-hydrogen) atoms. The van der Waals surface area contributed by atoms with E-state index < -0.39 is 15.2 Å². The Morgan fingerprint density at radius 3 is 3.06 bits per heavy atom. The molecule has 1 atom stereocenters. The highest BCUT2D eigenvalue weighted by Gasteiger charge is 2.32. The predicted molar refractivity (Wildman–Crippen MR) is 73.2 cm³/mol. The van der Waals surface area contributed by atoms with Crippen molar-refractivity contribution in [1.82, 2.24) is 9.97 Å². The van der Waals surface area contributed by atoms with Crippen LogP contribution in [0.2, 0.25) is 0 Å². The molecule has 100 valence electrons. The first kappa shape index (κ1) is 13.6. The number of rotatable bonds is 3. The Morgan fingerprint density at radius 1 is 1.61 bits per heavy atom. The van der Waals surface area contributed by atoms with E-state index in [0.717, 1.165) is 5.75 Å². The Labute approximate surface area is 111 Å². The maximum atomic E-state index is 11.8. The molecule has 1 aromatic heterocycles. The van der Waals surface area contributed by atoms with E-state index in [0.29, 0.717) is 30.5 Å². The second-order valence-electron chi connectivity index (χ2n) is 4.10. The van der Waals surface area contributed by atoms with Gasteiger partial charge in [0, 0.05) is 37.0 Å². The van der Waals surface area contributed by atoms with Gasteiger partial charge >= 0.3 is 0 Å². The standard InChI is InChI=1S/C10H16N4O2S2/c1-18(15,16)9-7-17-5-4-14(9)10-12-3-2-8(6-11)13-10/h2-3,9H,4-7,11H2,1H3. The highest BCUT2D eigenvalue weighted by Crippen LogP contribution is 2.23. The van der Waals surface area contributed by atoms with Crippen molar-refractivity contribution in [3.05, 3.63) is 18.0 Å². The normalized spacial score (nSPS) is 21.0. The average Bonchev–Trinajstić information content (AvgIpc) is 2.38. The number of hydrogen-bond acceptors (Lipinski definition) is 7. The highest BCUT2D eigenvalue weighted by atomic mass is 32.2. The van der Waals surface area contributed by atoms with Crippen LogP contribution in [0.4, 0.5) is 5.95 Å². The van der Waals surface area contributed by atoms with Crippen molar-refractivity contribution in [3.8, 4) is 0 Å². The molecule has 0 aromatic carbocycles. The van der Waals surface area contributed by atoms with Crippen molar-refractivity contribution in [1.29, 1.82) is 0 Å². The topological polar surface area (TPSA) is 89.2 Å². The maximum absolute atomic E-state index is 11.8. The highest BCUT2D eigenvalue weighted by molar-refractivity contribution is 8.01. The van der Waals surface area contributed by atoms with Gasteiger partial charge in [-0.2, -0.15) is 11.8 Å². The molecule has 0 radical (unpaired) electrons. The van der Waals surface area contributed by atoms with E-state index >= 15 is 0 Å². The van der Waals surface area contributed by atoms with E-state index in [2.05, 4.69) is 9.97 Å². The lowest BCUT2D eigenvalue weighted by molar-refractivity contribution is 0.582. The van der Waals surface area contributed by atoms with Crippen LogP contribution in [0.1, 0.15) is 5.69 Å². The van der Waals surface area contributed by atoms with Gasteiger partial charge in [0.1, 0.15) is 5.37 Å². The van der Waals surface area contributed by atoms with Gasteiger partial charge in [-0.15, -0.1) is 0 Å². The smallest absolute Gasteiger partial charge is 0.226 e. The number of hydrogen-bond donors (Lipinski definition) is 1. The Hall–Kier alpha value is -0.860. The SMILES string of the molecule is CS(=O)(=O)C1CSCCN1c1nccc(CN)n1. The Kier molecular flexibility index (Phi) is 4.08. The van der Waals surface area contributed by atoms with Crippen molar-refractivity contribution in [2.24, 2.45) is 5.73 Å². The summed E-state index contributed by atoms with van der Waals surface area (Å²) in [5, 5.41) is -0.552. The Bertz CT molecular complexity index is 520. The van der Waals surface area contributed by atoms with Crippen LogP contribution in [0.3, 0.4) is 0 Å². The quantitative estimate of drug-likeness (QED) is 0.828. The molecule has 0 bridgehead atoms. The van der Waals surface area contributed by atoms with E-state index in [-0.39, 0.29) is 0 Å². The van der Waals surface area contributed by atoms with Gasteiger partial charge in [-0.1, -0.05) is 0 Å². The third kappa shape index (κ3) is 2.93. The van der Waals surface area contributed by atoms with Gasteiger partial charge in [-0.05, 0) is 6.07 Å². The maximum Gasteiger partial charge on any atom is 0.226 e. The fourth-order valence-corrected chi connectivity index (χ4v) is 4.61. The van der Waals surface area contributed by atoms with Crippen molar-refractivity contribution < 1.29 is 8.42 Å². The average molecular weight is 288 g/mol. The van der Waals surface area contributed by atoms with E-state index in [4.69, 9.17) is 5.73 Å². The monoisotopic (exact) mass is 288 g/mol. The molecule has 6 nitrogen and oxygen atoms in total. The van der Waals surface area contributed by atoms with Crippen LogP contribution < -0.4 is 10.6 Å². The van der Waals surface area contributed by atoms with E-state index in [1.54, 1.807) is 28.9 Å². The molecule has 2 rings (SSSR count). The number of nitrogens with two attached hydrogens (primary N) is 1. The van der Waals surface area contributed by atoms with E-state index in [1.165, 1.54) is 6.26 Å². The molecule has 0 amide bonds. The lowest BCUT2D eigenvalue weighted by Gasteiger charge is -2.34. The zero-order chi connectivity index (χ0) is 13.2. The molecule has 0 spiro atoms. The minimum absolute atomic E-state index is 0.321. The molecule has 0 saturated carbocycles. The molecule has 1 aliphatic heterocycles. The third-order valence-corrected chi connectivity index (χ3v) is 5.39. The zero-order valence-corrected chi connectivity index (χ0v) is 11.7. The van der Waals surface area contributed by atoms with Crippen LogP contribution in [0.15, 0.2) is 12.3 Å². The number of aromatic nitrogens is 2. The molecular formula is C10H16N4O2S2. The molecule has 8 heteroatoms. The zero-order valence-electron chi connectivity index (χ0n) is 10.1. The number of anilines is 1. The molecule has 1 aliphatic rings. The molecule has 1 aromatic rings. The van der Waals surface area contributed by atoms with Gasteiger partial charge in [0.15, 0.2) is 9.84 Å². The van der Waals surface area contributed by atoms with Gasteiger partial charge in [-0.25, -0.2) is 18.4 Å². The van der Waals surface area contributed by atoms with Crippen molar-refractivity contribution >= 4 is 27.5 Å². The van der Waals surface area contributed by atoms with Crippen LogP contribution >= 0.6 is 11.8 Å². The largest absolute Gasteiger partial charge is 0.325 e. The minimum Gasteiger partial charge on any atom is -0.325 e. The second-order valence-corrected chi connectivity index (χ2v) is 7.46. The third-order valence-electron chi connectivity index (χ3n) is 2.75. The number of nitrogens with zero attached hydrogens (tertiary/aromatic N) is 3. The summed E-state index contributed by atoms with van der Waals surface area (Å²) in [4.78, 5) is 10.2. The van der Waals surface area contributed by atoms with Crippen LogP contribution in [0.5, 0.6) is 0 Å². The van der Waals surface area contributed by atoms with Crippen molar-refractivity contribution in [2.75, 3.05) is 29.2 Å². The van der Waals surface area contributed by atoms with Crippen LogP contribution in [0.25, 0.3) is 0 Å². The summed E-state index contributed by atoms with van der Waals surface area (Å²) in [6.07, 6.45) is 2.87. The summed E-state index contributed by atoms with van der Waals surface area (Å²) < 4.78 is 23.6. The van der Waals surface area contributed by atoms with Gasteiger partial charge in [0.25, 0.3) is 0 Å². The van der Waals surface area contributed by atoms with Crippen LogP contribution in [0, 0.1) is 0 Å². The molecule has 1 fully saturated rings. The first-order valence-corrected chi connectivity index (χ1v) is 8.68. The summed E-state index contributed by atoms with van der Waals surface area (Å²) in [5.74, 6) is 1.88. The summed E-state index contributed by atoms with van der Waals surface area (Å²) in [6.45, 7) is 0.956. The lowest BCUT2D eigenvalue weighted by atomic mass is 10.4. The summed E-state index contributed by atoms with van der Waals surface area (Å²) in [6, 6.07) is 1.73. The molecule has 2 heterocycles. The summed E-state index contributed by atoms with van der Waals surface area (Å²) in [5.41, 5.74) is 6.25. The first-order valence-electron chi connectivity index (χ1n) is 5.57. The van der Waals surface area contributed by atoms with Crippen molar-refractivity contribution in [3.63, 3.8) is 0 Å². The lowest BCUT2D eigenvalue weighted by Crippen LogP contribution is -2.47. The number of thioether (sulfide) groups is 1. The van der Waals surface area contributed by atoms with Gasteiger partial charge < -0.3 is 10.6 Å². The second kappa shape index (κ2) is 5.41. The predicted octanol–water partition coefficient (Wildman–Crippen LogP) is -0.141. The first-order chi connectivity index (χ1) is 8.52. The minimum atomic E-state index is -3.15. The molecular weight excluding hydrogens is 272 g/mol. The molecule has 1 saturated heterocycles. The fourth-order valence-electron chi connectivity index (χ4n) is 1.80. The van der Waals surface area contributed by atoms with Gasteiger partial charge in [0.2, 0.25) is 5.95 Å². The van der Waals surface area contributed by atoms with E-state index in [9.17, 15) is 8.42 Å². The Balaban J connectivity index is 2.33.